The minimum Gasteiger partial charge on any atom is -0.369 e. The molecule has 0 saturated carbocycles. The molecule has 2 rings (SSSR count). The first-order chi connectivity index (χ1) is 7.58. The van der Waals surface area contributed by atoms with Crippen molar-refractivity contribution in [2.75, 3.05) is 18.0 Å². The first-order valence-electron chi connectivity index (χ1n) is 5.30. The van der Waals surface area contributed by atoms with Gasteiger partial charge in [0.15, 0.2) is 0 Å². The summed E-state index contributed by atoms with van der Waals surface area (Å²) in [7, 11) is 0. The van der Waals surface area contributed by atoms with E-state index in [1.54, 1.807) is 0 Å². The van der Waals surface area contributed by atoms with Gasteiger partial charge in [0.1, 0.15) is 5.78 Å². The molecule has 1 aliphatic rings. The van der Waals surface area contributed by atoms with E-state index in [9.17, 15) is 4.79 Å². The standard InChI is InChI=1S/C12H13ClINO/c1-8-7-15(5-4-12(8)16)11-3-2-9(14)6-10(11)13/h2-3,6,8H,4-5,7H2,1H3. The number of hydrogen-bond acceptors (Lipinski definition) is 2. The molecule has 86 valence electrons. The lowest BCUT2D eigenvalue weighted by Gasteiger charge is -2.32. The number of ketones is 1. The molecule has 1 heterocycles. The highest BCUT2D eigenvalue weighted by Gasteiger charge is 2.24. The lowest BCUT2D eigenvalue weighted by atomic mass is 9.98. The molecule has 16 heavy (non-hydrogen) atoms. The Balaban J connectivity index is 2.21. The van der Waals surface area contributed by atoms with Crippen molar-refractivity contribution in [1.82, 2.24) is 0 Å². The molecule has 1 aromatic carbocycles. The maximum Gasteiger partial charge on any atom is 0.139 e. The molecule has 4 heteroatoms. The summed E-state index contributed by atoms with van der Waals surface area (Å²) in [6.45, 7) is 3.54. The van der Waals surface area contributed by atoms with Crippen molar-refractivity contribution < 1.29 is 4.79 Å². The Bertz CT molecular complexity index is 421. The van der Waals surface area contributed by atoms with E-state index in [1.807, 2.05) is 25.1 Å². The predicted octanol–water partition coefficient (Wildman–Crippen LogP) is 3.36. The monoisotopic (exact) mass is 349 g/mol. The number of carbonyl (C=O) groups is 1. The van der Waals surface area contributed by atoms with Gasteiger partial charge in [-0.05, 0) is 40.8 Å². The first-order valence-corrected chi connectivity index (χ1v) is 6.76. The molecule has 1 aliphatic heterocycles. The second kappa shape index (κ2) is 4.92. The van der Waals surface area contributed by atoms with Gasteiger partial charge in [0.2, 0.25) is 0 Å². The number of rotatable bonds is 1. The molecular formula is C12H13ClINO. The maximum atomic E-state index is 11.4. The van der Waals surface area contributed by atoms with E-state index >= 15 is 0 Å². The highest BCUT2D eigenvalue weighted by atomic mass is 127. The molecule has 0 bridgehead atoms. The molecular weight excluding hydrogens is 336 g/mol. The number of benzene rings is 1. The molecule has 0 radical (unpaired) electrons. The van der Waals surface area contributed by atoms with Crippen LogP contribution in [-0.4, -0.2) is 18.9 Å². The first kappa shape index (κ1) is 12.2. The van der Waals surface area contributed by atoms with Gasteiger partial charge in [0.25, 0.3) is 0 Å². The third-order valence-electron chi connectivity index (χ3n) is 2.92. The van der Waals surface area contributed by atoms with E-state index in [0.717, 1.165) is 27.4 Å². The summed E-state index contributed by atoms with van der Waals surface area (Å²) in [4.78, 5) is 13.6. The van der Waals surface area contributed by atoms with E-state index in [0.29, 0.717) is 12.2 Å². The Morgan fingerprint density at radius 3 is 2.88 bits per heavy atom. The molecule has 0 N–H and O–H groups in total. The fourth-order valence-corrected chi connectivity index (χ4v) is 2.95. The third kappa shape index (κ3) is 2.51. The number of anilines is 1. The number of piperidine rings is 1. The molecule has 1 fully saturated rings. The van der Waals surface area contributed by atoms with E-state index < -0.39 is 0 Å². The van der Waals surface area contributed by atoms with Crippen LogP contribution in [0.25, 0.3) is 0 Å². The Morgan fingerprint density at radius 1 is 1.50 bits per heavy atom. The lowest BCUT2D eigenvalue weighted by molar-refractivity contribution is -0.122. The van der Waals surface area contributed by atoms with Crippen LogP contribution in [0.2, 0.25) is 5.02 Å². The lowest BCUT2D eigenvalue weighted by Crippen LogP contribution is -2.39. The number of carbonyl (C=O) groups excluding carboxylic acids is 1. The van der Waals surface area contributed by atoms with Gasteiger partial charge in [-0.3, -0.25) is 4.79 Å². The summed E-state index contributed by atoms with van der Waals surface area (Å²) in [5.74, 6) is 0.474. The van der Waals surface area contributed by atoms with Gasteiger partial charge in [-0.2, -0.15) is 0 Å². The fourth-order valence-electron chi connectivity index (χ4n) is 1.97. The molecule has 0 aromatic heterocycles. The molecule has 1 saturated heterocycles. The SMILES string of the molecule is CC1CN(c2ccc(I)cc2Cl)CCC1=O. The summed E-state index contributed by atoms with van der Waals surface area (Å²) in [5, 5.41) is 0.772. The Labute approximate surface area is 114 Å². The summed E-state index contributed by atoms with van der Waals surface area (Å²) >= 11 is 8.46. The second-order valence-corrected chi connectivity index (χ2v) is 5.81. The smallest absolute Gasteiger partial charge is 0.139 e. The van der Waals surface area contributed by atoms with Crippen LogP contribution in [0.15, 0.2) is 18.2 Å². The number of halogens is 2. The maximum absolute atomic E-state index is 11.4. The van der Waals surface area contributed by atoms with Crippen molar-refractivity contribution in [1.29, 1.82) is 0 Å². The molecule has 0 amide bonds. The zero-order valence-electron chi connectivity index (χ0n) is 9.04. The minimum absolute atomic E-state index is 0.115. The number of Topliss-reactive ketones (excluding diaryl/α,β-unsaturated/α-hetero) is 1. The summed E-state index contributed by atoms with van der Waals surface area (Å²) in [6.07, 6.45) is 0.628. The zero-order valence-corrected chi connectivity index (χ0v) is 12.0. The highest BCUT2D eigenvalue weighted by molar-refractivity contribution is 14.1. The van der Waals surface area contributed by atoms with Crippen LogP contribution < -0.4 is 4.90 Å². The normalized spacial score (nSPS) is 21.3. The van der Waals surface area contributed by atoms with E-state index in [2.05, 4.69) is 27.5 Å². The van der Waals surface area contributed by atoms with Crippen LogP contribution in [0.4, 0.5) is 5.69 Å². The van der Waals surface area contributed by atoms with Gasteiger partial charge >= 0.3 is 0 Å². The second-order valence-electron chi connectivity index (χ2n) is 4.16. The van der Waals surface area contributed by atoms with Crippen LogP contribution >= 0.6 is 34.2 Å². The quantitative estimate of drug-likeness (QED) is 0.725. The number of nitrogens with zero attached hydrogens (tertiary/aromatic N) is 1. The van der Waals surface area contributed by atoms with Crippen molar-refractivity contribution in [2.45, 2.75) is 13.3 Å². The van der Waals surface area contributed by atoms with Crippen LogP contribution in [-0.2, 0) is 4.79 Å². The van der Waals surface area contributed by atoms with Gasteiger partial charge in [-0.1, -0.05) is 18.5 Å². The summed E-state index contributed by atoms with van der Waals surface area (Å²) in [5.41, 5.74) is 1.04. The Kier molecular flexibility index (Phi) is 3.74. The largest absolute Gasteiger partial charge is 0.369 e. The third-order valence-corrected chi connectivity index (χ3v) is 3.90. The number of hydrogen-bond donors (Lipinski definition) is 0. The topological polar surface area (TPSA) is 20.3 Å². The zero-order chi connectivity index (χ0) is 11.7. The minimum atomic E-state index is 0.115. The molecule has 1 aromatic rings. The van der Waals surface area contributed by atoms with Crippen molar-refractivity contribution >= 4 is 45.7 Å². The average Bonchev–Trinajstić information content (AvgIpc) is 2.22. The molecule has 1 unspecified atom stereocenters. The highest BCUT2D eigenvalue weighted by Crippen LogP contribution is 2.30. The van der Waals surface area contributed by atoms with Crippen LogP contribution in [0, 0.1) is 9.49 Å². The Morgan fingerprint density at radius 2 is 2.25 bits per heavy atom. The predicted molar refractivity (Wildman–Crippen MR) is 75.2 cm³/mol. The molecule has 0 spiro atoms. The van der Waals surface area contributed by atoms with Gasteiger partial charge in [-0.15, -0.1) is 0 Å². The fraction of sp³-hybridized carbons (Fsp3) is 0.417. The van der Waals surface area contributed by atoms with Gasteiger partial charge in [0, 0.05) is 29.0 Å². The Hall–Kier alpha value is -0.290. The molecule has 1 atom stereocenters. The van der Waals surface area contributed by atoms with Crippen LogP contribution in [0.1, 0.15) is 13.3 Å². The van der Waals surface area contributed by atoms with E-state index in [1.165, 1.54) is 0 Å². The van der Waals surface area contributed by atoms with Gasteiger partial charge in [-0.25, -0.2) is 0 Å². The van der Waals surface area contributed by atoms with Crippen LogP contribution in [0.5, 0.6) is 0 Å². The van der Waals surface area contributed by atoms with E-state index in [4.69, 9.17) is 11.6 Å². The van der Waals surface area contributed by atoms with Crippen molar-refractivity contribution in [3.05, 3.63) is 26.8 Å². The van der Waals surface area contributed by atoms with Gasteiger partial charge in [0.05, 0.1) is 10.7 Å². The van der Waals surface area contributed by atoms with Crippen molar-refractivity contribution in [3.63, 3.8) is 0 Å². The average molecular weight is 350 g/mol. The van der Waals surface area contributed by atoms with Crippen molar-refractivity contribution in [2.24, 2.45) is 5.92 Å². The van der Waals surface area contributed by atoms with E-state index in [-0.39, 0.29) is 5.92 Å². The molecule has 2 nitrogen and oxygen atoms in total. The summed E-state index contributed by atoms with van der Waals surface area (Å²) in [6, 6.07) is 6.04. The van der Waals surface area contributed by atoms with Crippen LogP contribution in [0.3, 0.4) is 0 Å². The molecule has 0 aliphatic carbocycles. The summed E-state index contributed by atoms with van der Waals surface area (Å²) < 4.78 is 1.13. The van der Waals surface area contributed by atoms with Crippen molar-refractivity contribution in [3.8, 4) is 0 Å². The van der Waals surface area contributed by atoms with Gasteiger partial charge < -0.3 is 4.90 Å².